The molecule has 0 aliphatic heterocycles. The van der Waals surface area contributed by atoms with Crippen LogP contribution < -0.4 is 0 Å². The topological polar surface area (TPSA) is 17.3 Å². The van der Waals surface area contributed by atoms with E-state index < -0.39 is 0 Å². The predicted molar refractivity (Wildman–Crippen MR) is 215 cm³/mol. The largest absolute Gasteiger partial charge is 0.291 e. The number of thiophene rings is 1. The second-order valence-corrected chi connectivity index (χ2v) is 14.5. The molecule has 0 spiro atoms. The highest BCUT2D eigenvalue weighted by atomic mass is 32.1. The van der Waals surface area contributed by atoms with E-state index in [2.05, 4.69) is 162 Å². The third-order valence-electron chi connectivity index (χ3n) is 10.9. The fraction of sp³-hybridized carbons (Fsp3) is 0. The molecule has 0 unspecified atom stereocenters. The molecular weight excluding hydrogens is 625 g/mol. The Labute approximate surface area is 290 Å². The normalized spacial score (nSPS) is 12.4. The van der Waals surface area contributed by atoms with Gasteiger partial charge in [0.25, 0.3) is 0 Å². The number of fused-ring (bicyclic) bond motifs is 11. The van der Waals surface area contributed by atoms with Gasteiger partial charge in [0.1, 0.15) is 0 Å². The Kier molecular flexibility index (Phi) is 5.15. The summed E-state index contributed by atoms with van der Waals surface area (Å²) in [6.07, 6.45) is 0. The first-order chi connectivity index (χ1) is 24.8. The van der Waals surface area contributed by atoms with E-state index in [-0.39, 0.29) is 0 Å². The number of hydrogen-bond acceptors (Lipinski definition) is 2. The highest BCUT2D eigenvalue weighted by molar-refractivity contribution is 7.27. The second kappa shape index (κ2) is 9.66. The van der Waals surface area contributed by atoms with Crippen molar-refractivity contribution in [2.75, 3.05) is 0 Å². The minimum Gasteiger partial charge on any atom is -0.291 e. The molecule has 0 radical (unpaired) electrons. The summed E-state index contributed by atoms with van der Waals surface area (Å²) in [6, 6.07) is 58.2. The molecule has 0 aliphatic carbocycles. The van der Waals surface area contributed by atoms with Gasteiger partial charge in [-0.15, -0.1) is 11.3 Å². The molecule has 0 aliphatic rings. The highest BCUT2D eigenvalue weighted by Gasteiger charge is 2.20. The molecule has 3 aromatic heterocycles. The average molecular weight is 651 g/mol. The van der Waals surface area contributed by atoms with Crippen LogP contribution in [0.3, 0.4) is 0 Å². The summed E-state index contributed by atoms with van der Waals surface area (Å²) in [5.41, 5.74) is 8.00. The maximum absolute atomic E-state index is 5.45. The molecule has 12 aromatic rings. The summed E-state index contributed by atoms with van der Waals surface area (Å²) in [7, 11) is 0. The number of rotatable bonds is 2. The average Bonchev–Trinajstić information content (AvgIpc) is 3.76. The van der Waals surface area contributed by atoms with Crippen LogP contribution in [-0.4, -0.2) is 9.38 Å². The molecule has 0 atom stereocenters. The highest BCUT2D eigenvalue weighted by Crippen LogP contribution is 2.44. The molecule has 2 nitrogen and oxygen atoms in total. The van der Waals surface area contributed by atoms with E-state index in [1.165, 1.54) is 90.7 Å². The van der Waals surface area contributed by atoms with E-state index in [0.717, 1.165) is 22.4 Å². The first-order valence-electron chi connectivity index (χ1n) is 17.1. The lowest BCUT2D eigenvalue weighted by Gasteiger charge is -2.15. The molecule has 3 heteroatoms. The van der Waals surface area contributed by atoms with Gasteiger partial charge in [0, 0.05) is 20.9 Å². The Morgan fingerprint density at radius 3 is 1.88 bits per heavy atom. The van der Waals surface area contributed by atoms with Crippen LogP contribution in [0.25, 0.3) is 113 Å². The Morgan fingerprint density at radius 1 is 0.420 bits per heavy atom. The number of pyridine rings is 1. The second-order valence-electron chi connectivity index (χ2n) is 13.5. The van der Waals surface area contributed by atoms with Crippen molar-refractivity contribution in [2.45, 2.75) is 0 Å². The van der Waals surface area contributed by atoms with E-state index in [0.29, 0.717) is 0 Å². The summed E-state index contributed by atoms with van der Waals surface area (Å²) < 4.78 is 4.94. The van der Waals surface area contributed by atoms with Gasteiger partial charge in [-0.1, -0.05) is 146 Å². The molecule has 9 aromatic carbocycles. The van der Waals surface area contributed by atoms with Crippen LogP contribution >= 0.6 is 11.3 Å². The van der Waals surface area contributed by atoms with Gasteiger partial charge in [-0.2, -0.15) is 0 Å². The zero-order valence-electron chi connectivity index (χ0n) is 26.8. The van der Waals surface area contributed by atoms with Gasteiger partial charge in [0.2, 0.25) is 0 Å². The van der Waals surface area contributed by atoms with Crippen molar-refractivity contribution in [1.82, 2.24) is 9.38 Å². The van der Waals surface area contributed by atoms with Crippen molar-refractivity contribution in [3.63, 3.8) is 0 Å². The number of aromatic nitrogens is 2. The molecule has 50 heavy (non-hydrogen) atoms. The third kappa shape index (κ3) is 3.49. The summed E-state index contributed by atoms with van der Waals surface area (Å²) in [6.45, 7) is 0. The van der Waals surface area contributed by atoms with Crippen LogP contribution in [0.5, 0.6) is 0 Å². The maximum atomic E-state index is 5.45. The van der Waals surface area contributed by atoms with Crippen molar-refractivity contribution in [3.05, 3.63) is 158 Å². The van der Waals surface area contributed by atoms with Crippen molar-refractivity contribution < 1.29 is 0 Å². The lowest BCUT2D eigenvalue weighted by atomic mass is 9.89. The van der Waals surface area contributed by atoms with Gasteiger partial charge < -0.3 is 0 Å². The Balaban J connectivity index is 1.13. The maximum Gasteiger partial charge on any atom is 0.156 e. The van der Waals surface area contributed by atoms with E-state index in [1.54, 1.807) is 0 Å². The van der Waals surface area contributed by atoms with Crippen LogP contribution in [0.15, 0.2) is 158 Å². The zero-order chi connectivity index (χ0) is 32.5. The molecule has 0 N–H and O–H groups in total. The first-order valence-corrected chi connectivity index (χ1v) is 17.9. The molecule has 12 rings (SSSR count). The Hall–Kier alpha value is -6.29. The lowest BCUT2D eigenvalue weighted by Crippen LogP contribution is -1.93. The summed E-state index contributed by atoms with van der Waals surface area (Å²) in [4.78, 5) is 5.45. The fourth-order valence-electron chi connectivity index (χ4n) is 8.58. The standard InChI is InChI=1S/C47H26N2S/c1-3-10-35-27(6-1)21-25-40-44(35)48-47-46-39(38-24-18-28-7-2-4-11-36(28)45(38)50-46)26-41(49(40)47)30-14-12-29(13-15-30)34-22-19-33-17-16-31-8-5-9-32-20-23-37(34)43(33)42(31)32/h1-26H. The SMILES string of the molecule is c1ccc2c(c1)ccc1c2nc2c3sc4c5ccccc5ccc4c3cc(-c3ccc(-c4ccc5ccc6cccc7ccc4c5c67)cc3)n12. The predicted octanol–water partition coefficient (Wildman–Crippen LogP) is 13.4. The van der Waals surface area contributed by atoms with Crippen molar-refractivity contribution in [2.24, 2.45) is 0 Å². The molecular formula is C47H26N2S. The van der Waals surface area contributed by atoms with Crippen LogP contribution in [0.4, 0.5) is 0 Å². The van der Waals surface area contributed by atoms with Gasteiger partial charge in [0.05, 0.1) is 21.4 Å². The Morgan fingerprint density at radius 2 is 1.04 bits per heavy atom. The summed E-state index contributed by atoms with van der Waals surface area (Å²) >= 11 is 1.87. The number of hydrogen-bond donors (Lipinski definition) is 0. The molecule has 230 valence electrons. The molecule has 3 heterocycles. The van der Waals surface area contributed by atoms with Crippen LogP contribution in [-0.2, 0) is 0 Å². The minimum atomic E-state index is 1.02. The van der Waals surface area contributed by atoms with Crippen molar-refractivity contribution >= 4 is 102 Å². The van der Waals surface area contributed by atoms with Crippen molar-refractivity contribution in [3.8, 4) is 22.4 Å². The smallest absolute Gasteiger partial charge is 0.156 e. The van der Waals surface area contributed by atoms with Gasteiger partial charge in [-0.25, -0.2) is 4.98 Å². The quantitative estimate of drug-likeness (QED) is 0.170. The van der Waals surface area contributed by atoms with Crippen LogP contribution in [0, 0.1) is 0 Å². The lowest BCUT2D eigenvalue weighted by molar-refractivity contribution is 1.25. The molecule has 0 saturated carbocycles. The van der Waals surface area contributed by atoms with E-state index in [1.807, 2.05) is 11.3 Å². The number of benzene rings is 9. The minimum absolute atomic E-state index is 1.02. The van der Waals surface area contributed by atoms with Crippen molar-refractivity contribution in [1.29, 1.82) is 0 Å². The van der Waals surface area contributed by atoms with E-state index in [9.17, 15) is 0 Å². The fourth-order valence-corrected chi connectivity index (χ4v) is 9.88. The van der Waals surface area contributed by atoms with Gasteiger partial charge in [0.15, 0.2) is 5.65 Å². The van der Waals surface area contributed by atoms with Gasteiger partial charge in [-0.05, 0) is 77.3 Å². The monoisotopic (exact) mass is 650 g/mol. The van der Waals surface area contributed by atoms with Crippen LogP contribution in [0.1, 0.15) is 0 Å². The molecule has 0 bridgehead atoms. The molecule has 0 fully saturated rings. The zero-order valence-corrected chi connectivity index (χ0v) is 27.6. The van der Waals surface area contributed by atoms with Gasteiger partial charge in [-0.3, -0.25) is 4.40 Å². The van der Waals surface area contributed by atoms with Gasteiger partial charge >= 0.3 is 0 Å². The third-order valence-corrected chi connectivity index (χ3v) is 12.2. The molecule has 0 saturated heterocycles. The van der Waals surface area contributed by atoms with E-state index in [4.69, 9.17) is 4.98 Å². The molecule has 0 amide bonds. The van der Waals surface area contributed by atoms with Crippen LogP contribution in [0.2, 0.25) is 0 Å². The summed E-state index contributed by atoms with van der Waals surface area (Å²) in [5, 5.41) is 15.4. The number of imidazole rings is 1. The summed E-state index contributed by atoms with van der Waals surface area (Å²) in [5.74, 6) is 0. The first kappa shape index (κ1) is 26.6. The Bertz CT molecular complexity index is 3350. The van der Waals surface area contributed by atoms with E-state index >= 15 is 0 Å². The number of nitrogens with zero attached hydrogens (tertiary/aromatic N) is 2.